The third-order valence-electron chi connectivity index (χ3n) is 4.30. The van der Waals surface area contributed by atoms with Gasteiger partial charge in [0, 0.05) is 12.7 Å². The number of sulfonamides is 1. The summed E-state index contributed by atoms with van der Waals surface area (Å²) < 4.78 is 30.2. The molecule has 7 heteroatoms. The van der Waals surface area contributed by atoms with Crippen molar-refractivity contribution >= 4 is 27.3 Å². The summed E-state index contributed by atoms with van der Waals surface area (Å²) >= 11 is 0. The molecule has 27 heavy (non-hydrogen) atoms. The van der Waals surface area contributed by atoms with Crippen molar-refractivity contribution in [2.75, 3.05) is 22.9 Å². The molecule has 6 nitrogen and oxygen atoms in total. The molecule has 146 valence electrons. The Morgan fingerprint density at radius 3 is 2.30 bits per heavy atom. The number of benzene rings is 2. The molecule has 0 bridgehead atoms. The highest BCUT2D eigenvalue weighted by Crippen LogP contribution is 2.22. The number of hydrogen-bond acceptors (Lipinski definition) is 4. The van der Waals surface area contributed by atoms with Gasteiger partial charge in [-0.25, -0.2) is 8.42 Å². The quantitative estimate of drug-likeness (QED) is 0.749. The zero-order valence-corrected chi connectivity index (χ0v) is 16.9. The highest BCUT2D eigenvalue weighted by Gasteiger charge is 2.20. The van der Waals surface area contributed by atoms with E-state index in [0.717, 1.165) is 23.9 Å². The fraction of sp³-hybridized carbons (Fsp3) is 0.350. The Bertz CT molecular complexity index is 879. The highest BCUT2D eigenvalue weighted by molar-refractivity contribution is 7.92. The minimum atomic E-state index is -3.32. The molecule has 0 saturated heterocycles. The van der Waals surface area contributed by atoms with Crippen LogP contribution in [-0.2, 0) is 21.2 Å². The Hall–Kier alpha value is -2.54. The number of carbonyl (C=O) groups excluding carboxylic acids is 1. The zero-order valence-electron chi connectivity index (χ0n) is 16.1. The third kappa shape index (κ3) is 5.47. The molecule has 0 aromatic heterocycles. The minimum absolute atomic E-state index is 0.212. The van der Waals surface area contributed by atoms with Crippen molar-refractivity contribution in [1.82, 2.24) is 0 Å². The van der Waals surface area contributed by atoms with Crippen molar-refractivity contribution in [2.24, 2.45) is 0 Å². The highest BCUT2D eigenvalue weighted by atomic mass is 32.2. The second-order valence-electron chi connectivity index (χ2n) is 6.24. The average molecular weight is 391 g/mol. The number of rotatable bonds is 8. The Morgan fingerprint density at radius 2 is 1.74 bits per heavy atom. The Morgan fingerprint density at radius 1 is 1.11 bits per heavy atom. The van der Waals surface area contributed by atoms with Gasteiger partial charge in [-0.1, -0.05) is 32.0 Å². The molecule has 0 aliphatic carbocycles. The Labute approximate surface area is 161 Å². The van der Waals surface area contributed by atoms with Gasteiger partial charge in [0.05, 0.1) is 11.9 Å². The van der Waals surface area contributed by atoms with Crippen LogP contribution in [0.5, 0.6) is 5.75 Å². The van der Waals surface area contributed by atoms with Crippen LogP contribution in [0.3, 0.4) is 0 Å². The van der Waals surface area contributed by atoms with Gasteiger partial charge >= 0.3 is 0 Å². The number of hydrogen-bond donors (Lipinski definition) is 1. The van der Waals surface area contributed by atoms with Crippen LogP contribution in [-0.4, -0.2) is 33.7 Å². The topological polar surface area (TPSA) is 75.7 Å². The van der Waals surface area contributed by atoms with Crippen molar-refractivity contribution < 1.29 is 17.9 Å². The number of nitrogens with zero attached hydrogens (tertiary/aromatic N) is 1. The molecule has 0 aliphatic rings. The van der Waals surface area contributed by atoms with E-state index < -0.39 is 16.1 Å². The second kappa shape index (κ2) is 8.90. The van der Waals surface area contributed by atoms with Crippen molar-refractivity contribution in [2.45, 2.75) is 32.8 Å². The van der Waals surface area contributed by atoms with Gasteiger partial charge in [0.15, 0.2) is 6.10 Å². The first-order chi connectivity index (χ1) is 12.8. The van der Waals surface area contributed by atoms with E-state index in [1.165, 1.54) is 11.4 Å². The number of para-hydroxylation sites is 1. The van der Waals surface area contributed by atoms with Gasteiger partial charge in [0.2, 0.25) is 10.0 Å². The molecule has 0 unspecified atom stereocenters. The zero-order chi connectivity index (χ0) is 20.0. The van der Waals surface area contributed by atoms with Gasteiger partial charge in [-0.3, -0.25) is 9.10 Å². The third-order valence-corrected chi connectivity index (χ3v) is 5.50. The maximum absolute atomic E-state index is 12.6. The van der Waals surface area contributed by atoms with Gasteiger partial charge in [-0.15, -0.1) is 0 Å². The molecule has 0 saturated carbocycles. The van der Waals surface area contributed by atoms with E-state index in [1.807, 2.05) is 38.1 Å². The van der Waals surface area contributed by atoms with Crippen molar-refractivity contribution in [1.29, 1.82) is 0 Å². The molecule has 1 amide bonds. The van der Waals surface area contributed by atoms with Crippen LogP contribution < -0.4 is 14.4 Å². The molecule has 2 aromatic carbocycles. The molecule has 1 N–H and O–H groups in total. The molecule has 0 spiro atoms. The van der Waals surface area contributed by atoms with E-state index in [4.69, 9.17) is 4.74 Å². The lowest BCUT2D eigenvalue weighted by Crippen LogP contribution is -2.32. The monoisotopic (exact) mass is 390 g/mol. The van der Waals surface area contributed by atoms with E-state index in [1.54, 1.807) is 24.3 Å². The molecule has 1 atom stereocenters. The number of amides is 1. The van der Waals surface area contributed by atoms with E-state index in [2.05, 4.69) is 5.32 Å². The fourth-order valence-corrected chi connectivity index (χ4v) is 3.08. The maximum Gasteiger partial charge on any atom is 0.265 e. The summed E-state index contributed by atoms with van der Waals surface area (Å²) in [4.78, 5) is 12.6. The summed E-state index contributed by atoms with van der Waals surface area (Å²) in [7, 11) is -1.84. The molecule has 0 heterocycles. The first-order valence-electron chi connectivity index (χ1n) is 8.85. The number of nitrogens with one attached hydrogen (secondary N) is 1. The summed E-state index contributed by atoms with van der Waals surface area (Å²) in [5, 5.41) is 2.93. The van der Waals surface area contributed by atoms with Crippen LogP contribution in [0.2, 0.25) is 0 Å². The van der Waals surface area contributed by atoms with E-state index in [-0.39, 0.29) is 5.91 Å². The van der Waals surface area contributed by atoms with E-state index in [9.17, 15) is 13.2 Å². The first kappa shape index (κ1) is 20.8. The van der Waals surface area contributed by atoms with Crippen molar-refractivity contribution in [3.8, 4) is 5.75 Å². The lowest BCUT2D eigenvalue weighted by Gasteiger charge is -2.20. The summed E-state index contributed by atoms with van der Waals surface area (Å²) in [5.41, 5.74) is 2.38. The van der Waals surface area contributed by atoms with Crippen LogP contribution in [0, 0.1) is 0 Å². The van der Waals surface area contributed by atoms with Crippen LogP contribution in [0.1, 0.15) is 25.8 Å². The predicted molar refractivity (Wildman–Crippen MR) is 109 cm³/mol. The molecule has 2 aromatic rings. The largest absolute Gasteiger partial charge is 0.481 e. The summed E-state index contributed by atoms with van der Waals surface area (Å²) in [6, 6.07) is 14.3. The number of carbonyl (C=O) groups is 1. The van der Waals surface area contributed by atoms with Gasteiger partial charge in [0.1, 0.15) is 5.75 Å². The van der Waals surface area contributed by atoms with E-state index in [0.29, 0.717) is 17.9 Å². The molecule has 0 fully saturated rings. The van der Waals surface area contributed by atoms with Crippen LogP contribution in [0.25, 0.3) is 0 Å². The first-order valence-corrected chi connectivity index (χ1v) is 10.7. The minimum Gasteiger partial charge on any atom is -0.481 e. The summed E-state index contributed by atoms with van der Waals surface area (Å²) in [6.07, 6.45) is 1.82. The van der Waals surface area contributed by atoms with Crippen LogP contribution in [0.15, 0.2) is 48.5 Å². The molecule has 2 rings (SSSR count). The van der Waals surface area contributed by atoms with Crippen LogP contribution >= 0.6 is 0 Å². The normalized spacial score (nSPS) is 12.3. The lowest BCUT2D eigenvalue weighted by molar-refractivity contribution is -0.122. The smallest absolute Gasteiger partial charge is 0.265 e. The van der Waals surface area contributed by atoms with Crippen molar-refractivity contribution in [3.63, 3.8) is 0 Å². The SMILES string of the molecule is CCc1ccccc1NC(=O)[C@H](CC)Oc1ccc(N(C)S(C)(=O)=O)cc1. The second-order valence-corrected chi connectivity index (χ2v) is 8.25. The number of aryl methyl sites for hydroxylation is 1. The van der Waals surface area contributed by atoms with Crippen molar-refractivity contribution in [3.05, 3.63) is 54.1 Å². The molecule has 0 aliphatic heterocycles. The van der Waals surface area contributed by atoms with Crippen LogP contribution in [0.4, 0.5) is 11.4 Å². The maximum atomic E-state index is 12.6. The lowest BCUT2D eigenvalue weighted by atomic mass is 10.1. The van der Waals surface area contributed by atoms with Gasteiger partial charge in [0.25, 0.3) is 5.91 Å². The standard InChI is InChI=1S/C20H26N2O4S/c1-5-15-9-7-8-10-18(15)21-20(23)19(6-2)26-17-13-11-16(12-14-17)22(3)27(4,24)25/h7-14,19H,5-6H2,1-4H3,(H,21,23)/t19-/m0/s1. The van der Waals surface area contributed by atoms with Gasteiger partial charge in [-0.05, 0) is 48.7 Å². The molecule has 0 radical (unpaired) electrons. The Kier molecular flexibility index (Phi) is 6.85. The fourth-order valence-electron chi connectivity index (χ4n) is 2.58. The molecular weight excluding hydrogens is 364 g/mol. The Balaban J connectivity index is 2.09. The summed E-state index contributed by atoms with van der Waals surface area (Å²) in [5.74, 6) is 0.294. The van der Waals surface area contributed by atoms with Gasteiger partial charge < -0.3 is 10.1 Å². The van der Waals surface area contributed by atoms with E-state index >= 15 is 0 Å². The number of anilines is 2. The summed E-state index contributed by atoms with van der Waals surface area (Å²) in [6.45, 7) is 3.91. The average Bonchev–Trinajstić information content (AvgIpc) is 2.65. The molecular formula is C20H26N2O4S. The van der Waals surface area contributed by atoms with Gasteiger partial charge in [-0.2, -0.15) is 0 Å². The number of ether oxygens (including phenoxy) is 1. The predicted octanol–water partition coefficient (Wildman–Crippen LogP) is 3.44.